The van der Waals surface area contributed by atoms with E-state index in [0.29, 0.717) is 24.6 Å². The number of aromatic nitrogens is 1. The molecule has 6 heteroatoms. The summed E-state index contributed by atoms with van der Waals surface area (Å²) >= 11 is 0. The summed E-state index contributed by atoms with van der Waals surface area (Å²) in [5.41, 5.74) is 3.10. The summed E-state index contributed by atoms with van der Waals surface area (Å²) in [4.78, 5) is 31.2. The molecule has 4 rings (SSSR count). The molecule has 1 aliphatic rings. The molecule has 2 heterocycles. The van der Waals surface area contributed by atoms with E-state index in [1.165, 1.54) is 6.26 Å². The number of oxazole rings is 1. The molecule has 0 saturated carbocycles. The molecule has 1 aliphatic heterocycles. The van der Waals surface area contributed by atoms with Crippen LogP contribution in [0.15, 0.2) is 65.3 Å². The van der Waals surface area contributed by atoms with Crippen molar-refractivity contribution in [3.05, 3.63) is 77.7 Å². The van der Waals surface area contributed by atoms with Crippen molar-refractivity contribution < 1.29 is 14.0 Å². The highest BCUT2D eigenvalue weighted by Gasteiger charge is 2.33. The molecule has 0 spiro atoms. The van der Waals surface area contributed by atoms with Crippen LogP contribution in [0.3, 0.4) is 0 Å². The Hall–Kier alpha value is -3.41. The van der Waals surface area contributed by atoms with E-state index in [-0.39, 0.29) is 23.9 Å². The van der Waals surface area contributed by atoms with Gasteiger partial charge in [-0.2, -0.15) is 0 Å². The zero-order chi connectivity index (χ0) is 21.8. The number of hydrogen-bond donors (Lipinski definition) is 1. The minimum Gasteiger partial charge on any atom is -0.444 e. The van der Waals surface area contributed by atoms with E-state index < -0.39 is 0 Å². The summed E-state index contributed by atoms with van der Waals surface area (Å²) in [5.74, 6) is 0.323. The lowest BCUT2D eigenvalue weighted by atomic mass is 10.1. The van der Waals surface area contributed by atoms with E-state index in [1.807, 2.05) is 59.5 Å². The summed E-state index contributed by atoms with van der Waals surface area (Å²) in [6.07, 6.45) is 3.83. The van der Waals surface area contributed by atoms with Gasteiger partial charge >= 0.3 is 0 Å². The molecule has 2 atom stereocenters. The van der Waals surface area contributed by atoms with Crippen molar-refractivity contribution >= 4 is 11.8 Å². The largest absolute Gasteiger partial charge is 0.444 e. The molecule has 6 nitrogen and oxygen atoms in total. The third kappa shape index (κ3) is 4.85. The quantitative estimate of drug-likeness (QED) is 0.652. The third-order valence-electron chi connectivity index (χ3n) is 5.81. The molecule has 2 amide bonds. The second-order valence-corrected chi connectivity index (χ2v) is 8.16. The number of likely N-dealkylation sites (tertiary alicyclic amines) is 1. The summed E-state index contributed by atoms with van der Waals surface area (Å²) in [6.45, 7) is 4.59. The van der Waals surface area contributed by atoms with Gasteiger partial charge in [-0.25, -0.2) is 4.98 Å². The van der Waals surface area contributed by atoms with E-state index in [0.717, 1.165) is 29.5 Å². The van der Waals surface area contributed by atoms with Crippen LogP contribution in [0, 0.1) is 0 Å². The topological polar surface area (TPSA) is 75.4 Å². The van der Waals surface area contributed by atoms with Crippen LogP contribution in [0.2, 0.25) is 0 Å². The summed E-state index contributed by atoms with van der Waals surface area (Å²) in [5, 5.41) is 2.94. The van der Waals surface area contributed by atoms with Gasteiger partial charge in [0.25, 0.3) is 5.91 Å². The first-order valence-corrected chi connectivity index (χ1v) is 10.7. The second-order valence-electron chi connectivity index (χ2n) is 8.16. The average Bonchev–Trinajstić information content (AvgIpc) is 3.40. The van der Waals surface area contributed by atoms with Crippen molar-refractivity contribution in [2.45, 2.75) is 51.7 Å². The molecular formula is C25H27N3O3. The highest BCUT2D eigenvalue weighted by atomic mass is 16.3. The van der Waals surface area contributed by atoms with Gasteiger partial charge in [0.1, 0.15) is 6.26 Å². The number of nitrogens with one attached hydrogen (secondary N) is 1. The average molecular weight is 418 g/mol. The molecule has 31 heavy (non-hydrogen) atoms. The molecule has 0 radical (unpaired) electrons. The SMILES string of the molecule is C[C@H]1CC[C@H](C)N1C(=O)c1coc(-c2ccc(CNC(=O)Cc3ccccc3)cc2)n1. The van der Waals surface area contributed by atoms with Crippen LogP contribution >= 0.6 is 0 Å². The standard InChI is InChI=1S/C25H27N3O3/c1-17-8-9-18(2)28(17)25(30)22-16-31-24(27-22)21-12-10-20(11-13-21)15-26-23(29)14-19-6-4-3-5-7-19/h3-7,10-13,16-18H,8-9,14-15H2,1-2H3,(H,26,29)/t17-,18-/m0/s1. The minimum atomic E-state index is -0.0785. The first-order chi connectivity index (χ1) is 15.0. The lowest BCUT2D eigenvalue weighted by Crippen LogP contribution is -2.38. The van der Waals surface area contributed by atoms with Gasteiger partial charge in [0.05, 0.1) is 6.42 Å². The Morgan fingerprint density at radius 3 is 2.35 bits per heavy atom. The maximum absolute atomic E-state index is 12.8. The normalized spacial score (nSPS) is 18.2. The predicted molar refractivity (Wildman–Crippen MR) is 118 cm³/mol. The van der Waals surface area contributed by atoms with Crippen LogP contribution in [-0.4, -0.2) is 33.8 Å². The molecule has 2 aromatic carbocycles. The molecule has 3 aromatic rings. The van der Waals surface area contributed by atoms with Crippen LogP contribution in [0.25, 0.3) is 11.5 Å². The second kappa shape index (κ2) is 9.16. The fraction of sp³-hybridized carbons (Fsp3) is 0.320. The number of amides is 2. The van der Waals surface area contributed by atoms with Crippen molar-refractivity contribution in [3.8, 4) is 11.5 Å². The maximum Gasteiger partial charge on any atom is 0.276 e. The zero-order valence-corrected chi connectivity index (χ0v) is 17.9. The Labute approximate surface area is 182 Å². The summed E-state index contributed by atoms with van der Waals surface area (Å²) < 4.78 is 5.58. The van der Waals surface area contributed by atoms with E-state index >= 15 is 0 Å². The van der Waals surface area contributed by atoms with Gasteiger partial charge in [-0.3, -0.25) is 9.59 Å². The van der Waals surface area contributed by atoms with Crippen molar-refractivity contribution in [1.82, 2.24) is 15.2 Å². The Morgan fingerprint density at radius 2 is 1.68 bits per heavy atom. The van der Waals surface area contributed by atoms with Crippen LogP contribution in [0.5, 0.6) is 0 Å². The molecular weight excluding hydrogens is 390 g/mol. The number of nitrogens with zero attached hydrogens (tertiary/aromatic N) is 2. The smallest absolute Gasteiger partial charge is 0.276 e. The molecule has 0 aliphatic carbocycles. The number of carbonyl (C=O) groups is 2. The molecule has 0 bridgehead atoms. The van der Waals surface area contributed by atoms with Crippen molar-refractivity contribution in [3.63, 3.8) is 0 Å². The summed E-state index contributed by atoms with van der Waals surface area (Å²) in [7, 11) is 0. The van der Waals surface area contributed by atoms with Crippen LogP contribution < -0.4 is 5.32 Å². The molecule has 1 N–H and O–H groups in total. The Balaban J connectivity index is 1.35. The monoisotopic (exact) mass is 417 g/mol. The number of hydrogen-bond acceptors (Lipinski definition) is 4. The van der Waals surface area contributed by atoms with Crippen LogP contribution in [-0.2, 0) is 17.8 Å². The van der Waals surface area contributed by atoms with E-state index in [1.54, 1.807) is 0 Å². The molecule has 1 aromatic heterocycles. The fourth-order valence-electron chi connectivity index (χ4n) is 4.04. The maximum atomic E-state index is 12.8. The van der Waals surface area contributed by atoms with Gasteiger partial charge in [-0.05, 0) is 49.9 Å². The molecule has 1 saturated heterocycles. The van der Waals surface area contributed by atoms with E-state index in [9.17, 15) is 9.59 Å². The van der Waals surface area contributed by atoms with E-state index in [4.69, 9.17) is 4.42 Å². The van der Waals surface area contributed by atoms with Crippen molar-refractivity contribution in [1.29, 1.82) is 0 Å². The lowest BCUT2D eigenvalue weighted by Gasteiger charge is -2.25. The van der Waals surface area contributed by atoms with Gasteiger partial charge < -0.3 is 14.6 Å². The van der Waals surface area contributed by atoms with Crippen LogP contribution in [0.1, 0.15) is 48.3 Å². The Morgan fingerprint density at radius 1 is 1.00 bits per heavy atom. The first-order valence-electron chi connectivity index (χ1n) is 10.7. The van der Waals surface area contributed by atoms with E-state index in [2.05, 4.69) is 24.1 Å². The number of carbonyl (C=O) groups excluding carboxylic acids is 2. The number of rotatable bonds is 6. The van der Waals surface area contributed by atoms with Crippen molar-refractivity contribution in [2.24, 2.45) is 0 Å². The van der Waals surface area contributed by atoms with Gasteiger partial charge in [0.15, 0.2) is 5.69 Å². The van der Waals surface area contributed by atoms with Crippen molar-refractivity contribution in [2.75, 3.05) is 0 Å². The molecule has 1 fully saturated rings. The summed E-state index contributed by atoms with van der Waals surface area (Å²) in [6, 6.07) is 17.7. The highest BCUT2D eigenvalue weighted by molar-refractivity contribution is 5.93. The molecule has 0 unspecified atom stereocenters. The van der Waals surface area contributed by atoms with Gasteiger partial charge in [-0.1, -0.05) is 42.5 Å². The predicted octanol–water partition coefficient (Wildman–Crippen LogP) is 4.21. The van der Waals surface area contributed by atoms with Gasteiger partial charge in [0.2, 0.25) is 11.8 Å². The third-order valence-corrected chi connectivity index (χ3v) is 5.81. The van der Waals surface area contributed by atoms with Gasteiger partial charge in [0, 0.05) is 24.2 Å². The highest BCUT2D eigenvalue weighted by Crippen LogP contribution is 2.26. The van der Waals surface area contributed by atoms with Gasteiger partial charge in [-0.15, -0.1) is 0 Å². The Kier molecular flexibility index (Phi) is 6.16. The first kappa shape index (κ1) is 20.8. The zero-order valence-electron chi connectivity index (χ0n) is 17.9. The van der Waals surface area contributed by atoms with Crippen LogP contribution in [0.4, 0.5) is 0 Å². The fourth-order valence-corrected chi connectivity index (χ4v) is 4.04. The number of benzene rings is 2. The Bertz CT molecular complexity index is 1030. The minimum absolute atomic E-state index is 0.0171. The molecule has 160 valence electrons. The lowest BCUT2D eigenvalue weighted by molar-refractivity contribution is -0.120.